The van der Waals surface area contributed by atoms with Gasteiger partial charge < -0.3 is 20.1 Å². The van der Waals surface area contributed by atoms with Crippen LogP contribution in [-0.4, -0.2) is 54.5 Å². The van der Waals surface area contributed by atoms with Gasteiger partial charge in [0.2, 0.25) is 0 Å². The van der Waals surface area contributed by atoms with Crippen LogP contribution in [0.5, 0.6) is 0 Å². The number of methoxy groups -OCH3 is 1. The van der Waals surface area contributed by atoms with Crippen molar-refractivity contribution in [1.29, 1.82) is 0 Å². The Labute approximate surface area is 242 Å². The van der Waals surface area contributed by atoms with Crippen LogP contribution in [0.2, 0.25) is 0 Å². The molecule has 2 fully saturated rings. The third kappa shape index (κ3) is 9.09. The van der Waals surface area contributed by atoms with E-state index in [0.717, 1.165) is 44.6 Å². The Morgan fingerprint density at radius 2 is 1.83 bits per heavy atom. The van der Waals surface area contributed by atoms with E-state index >= 15 is 4.39 Å². The van der Waals surface area contributed by atoms with E-state index < -0.39 is 23.3 Å². The van der Waals surface area contributed by atoms with Gasteiger partial charge in [0.25, 0.3) is 0 Å². The molecule has 0 spiro atoms. The van der Waals surface area contributed by atoms with Gasteiger partial charge in [-0.15, -0.1) is 0 Å². The molecule has 230 valence electrons. The van der Waals surface area contributed by atoms with Crippen LogP contribution in [0.15, 0.2) is 24.4 Å². The van der Waals surface area contributed by atoms with Gasteiger partial charge in [0, 0.05) is 44.1 Å². The topological polar surface area (TPSA) is 68.3 Å². The van der Waals surface area contributed by atoms with E-state index in [0.29, 0.717) is 44.0 Å². The SMILES string of the molecule is C.COC[C@@H](C)NC1CCC(Cc2nccc(-c3nc(NCC4CCOC(C)(C)C4)ccc3C(F)(F)F)c2F)CC1. The Balaban J connectivity index is 0.00000462. The smallest absolute Gasteiger partial charge is 0.383 e. The lowest BCUT2D eigenvalue weighted by molar-refractivity contribution is -0.137. The summed E-state index contributed by atoms with van der Waals surface area (Å²) >= 11 is 0. The number of nitrogens with one attached hydrogen (secondary N) is 2. The lowest BCUT2D eigenvalue weighted by atomic mass is 9.83. The second-order valence-corrected chi connectivity index (χ2v) is 12.0. The highest BCUT2D eigenvalue weighted by molar-refractivity contribution is 5.67. The molecule has 1 aliphatic heterocycles. The second kappa shape index (κ2) is 14.2. The van der Waals surface area contributed by atoms with Gasteiger partial charge in [-0.3, -0.25) is 4.98 Å². The van der Waals surface area contributed by atoms with Crippen LogP contribution in [0.3, 0.4) is 0 Å². The fourth-order valence-electron chi connectivity index (χ4n) is 6.09. The molecule has 2 atom stereocenters. The minimum Gasteiger partial charge on any atom is -0.383 e. The van der Waals surface area contributed by atoms with Crippen molar-refractivity contribution in [1.82, 2.24) is 15.3 Å². The van der Waals surface area contributed by atoms with Gasteiger partial charge in [-0.05, 0) is 95.8 Å². The third-order valence-electron chi connectivity index (χ3n) is 8.05. The molecule has 2 N–H and O–H groups in total. The Morgan fingerprint density at radius 3 is 2.49 bits per heavy atom. The summed E-state index contributed by atoms with van der Waals surface area (Å²) in [6, 6.07) is 4.23. The number of alkyl halides is 3. The highest BCUT2D eigenvalue weighted by atomic mass is 19.4. The van der Waals surface area contributed by atoms with E-state index in [-0.39, 0.29) is 36.2 Å². The van der Waals surface area contributed by atoms with E-state index in [2.05, 4.69) is 27.5 Å². The minimum absolute atomic E-state index is 0. The fraction of sp³-hybridized carbons (Fsp3) is 0.677. The molecule has 0 aromatic carbocycles. The lowest BCUT2D eigenvalue weighted by Crippen LogP contribution is -2.41. The number of ether oxygens (including phenoxy) is 2. The predicted octanol–water partition coefficient (Wildman–Crippen LogP) is 7.28. The zero-order valence-electron chi connectivity index (χ0n) is 23.9. The number of hydrogen-bond acceptors (Lipinski definition) is 6. The van der Waals surface area contributed by atoms with Crippen molar-refractivity contribution in [2.75, 3.05) is 32.2 Å². The van der Waals surface area contributed by atoms with Crippen LogP contribution in [0.25, 0.3) is 11.3 Å². The van der Waals surface area contributed by atoms with Gasteiger partial charge in [0.05, 0.1) is 29.2 Å². The first kappa shape index (κ1) is 33.2. The van der Waals surface area contributed by atoms with Crippen molar-refractivity contribution >= 4 is 5.82 Å². The molecule has 2 aliphatic rings. The highest BCUT2D eigenvalue weighted by Crippen LogP contribution is 2.39. The molecular weight excluding hydrogens is 536 g/mol. The first-order valence-electron chi connectivity index (χ1n) is 14.3. The Hall–Kier alpha value is -2.30. The maximum absolute atomic E-state index is 15.8. The number of pyridine rings is 2. The first-order chi connectivity index (χ1) is 18.9. The van der Waals surface area contributed by atoms with Crippen LogP contribution in [0, 0.1) is 17.7 Å². The highest BCUT2D eigenvalue weighted by Gasteiger charge is 2.36. The van der Waals surface area contributed by atoms with Gasteiger partial charge in [0.1, 0.15) is 5.82 Å². The number of halogens is 4. The molecule has 0 bridgehead atoms. The molecular formula is C31H46F4N4O2. The van der Waals surface area contributed by atoms with Crippen molar-refractivity contribution in [2.24, 2.45) is 11.8 Å². The molecule has 4 rings (SSSR count). The molecule has 10 heteroatoms. The van der Waals surface area contributed by atoms with Gasteiger partial charge >= 0.3 is 6.18 Å². The van der Waals surface area contributed by atoms with Gasteiger partial charge in [-0.1, -0.05) is 7.43 Å². The molecule has 1 aliphatic carbocycles. The lowest BCUT2D eigenvalue weighted by Gasteiger charge is -2.35. The van der Waals surface area contributed by atoms with Crippen LogP contribution in [-0.2, 0) is 22.1 Å². The Morgan fingerprint density at radius 1 is 1.10 bits per heavy atom. The molecule has 2 aromatic rings. The van der Waals surface area contributed by atoms with Crippen molar-refractivity contribution in [2.45, 2.75) is 97.0 Å². The van der Waals surface area contributed by atoms with Crippen molar-refractivity contribution in [3.8, 4) is 11.3 Å². The van der Waals surface area contributed by atoms with E-state index in [4.69, 9.17) is 9.47 Å². The molecule has 0 amide bonds. The van der Waals surface area contributed by atoms with E-state index in [1.54, 1.807) is 7.11 Å². The minimum atomic E-state index is -4.67. The summed E-state index contributed by atoms with van der Waals surface area (Å²) in [4.78, 5) is 8.51. The summed E-state index contributed by atoms with van der Waals surface area (Å²) in [5, 5.41) is 6.75. The molecule has 1 unspecified atom stereocenters. The second-order valence-electron chi connectivity index (χ2n) is 12.0. The molecule has 6 nitrogen and oxygen atoms in total. The summed E-state index contributed by atoms with van der Waals surface area (Å²) in [5.41, 5.74) is -1.58. The Bertz CT molecular complexity index is 1120. The zero-order valence-corrected chi connectivity index (χ0v) is 23.9. The normalized spacial score (nSPS) is 23.5. The summed E-state index contributed by atoms with van der Waals surface area (Å²) < 4.78 is 68.7. The van der Waals surface area contributed by atoms with E-state index in [1.165, 1.54) is 18.3 Å². The maximum atomic E-state index is 15.8. The number of nitrogens with zero attached hydrogens (tertiary/aromatic N) is 2. The number of aromatic nitrogens is 2. The average Bonchev–Trinajstić information content (AvgIpc) is 2.89. The van der Waals surface area contributed by atoms with E-state index in [9.17, 15) is 13.2 Å². The zero-order chi connectivity index (χ0) is 28.9. The van der Waals surface area contributed by atoms with Gasteiger partial charge in [-0.25, -0.2) is 9.37 Å². The average molecular weight is 583 g/mol. The molecule has 3 heterocycles. The van der Waals surface area contributed by atoms with Crippen molar-refractivity contribution < 1.29 is 27.0 Å². The largest absolute Gasteiger partial charge is 0.418 e. The van der Waals surface area contributed by atoms with Gasteiger partial charge in [0.15, 0.2) is 5.82 Å². The summed E-state index contributed by atoms with van der Waals surface area (Å²) in [7, 11) is 1.68. The molecule has 0 radical (unpaired) electrons. The third-order valence-corrected chi connectivity index (χ3v) is 8.05. The van der Waals surface area contributed by atoms with Gasteiger partial charge in [-0.2, -0.15) is 13.2 Å². The standard InChI is InChI=1S/C30H42F4N4O2.CH4/c1-19(18-39-4)37-22-7-5-20(6-8-22)15-25-27(31)23(11-13-35-25)28-24(30(32,33)34)9-10-26(38-28)36-17-21-12-14-40-29(2,3)16-21;/h9-11,13,19-22,37H,5-8,12,14-18H2,1-4H3,(H,36,38);1H4/t19-,20?,21?,22?;/m1./s1. The van der Waals surface area contributed by atoms with Crippen LogP contribution < -0.4 is 10.6 Å². The number of anilines is 1. The van der Waals surface area contributed by atoms with Crippen molar-refractivity contribution in [3.05, 3.63) is 41.5 Å². The fourth-order valence-corrected chi connectivity index (χ4v) is 6.09. The van der Waals surface area contributed by atoms with Crippen LogP contribution >= 0.6 is 0 Å². The maximum Gasteiger partial charge on any atom is 0.418 e. The molecule has 41 heavy (non-hydrogen) atoms. The molecule has 2 aromatic heterocycles. The quantitative estimate of drug-likeness (QED) is 0.287. The van der Waals surface area contributed by atoms with Crippen molar-refractivity contribution in [3.63, 3.8) is 0 Å². The summed E-state index contributed by atoms with van der Waals surface area (Å²) in [6.07, 6.45) is 2.51. The predicted molar refractivity (Wildman–Crippen MR) is 154 cm³/mol. The first-order valence-corrected chi connectivity index (χ1v) is 14.3. The van der Waals surface area contributed by atoms with Crippen LogP contribution in [0.1, 0.15) is 78.0 Å². The monoisotopic (exact) mass is 582 g/mol. The number of hydrogen-bond donors (Lipinski definition) is 2. The number of rotatable bonds is 10. The molecule has 1 saturated carbocycles. The van der Waals surface area contributed by atoms with Crippen LogP contribution in [0.4, 0.5) is 23.4 Å². The van der Waals surface area contributed by atoms with E-state index in [1.807, 2.05) is 13.8 Å². The summed E-state index contributed by atoms with van der Waals surface area (Å²) in [5.74, 6) is 0.0882. The summed E-state index contributed by atoms with van der Waals surface area (Å²) in [6.45, 7) is 7.98. The molecule has 1 saturated heterocycles. The Kier molecular flexibility index (Phi) is 11.5.